The number of halogens is 4. The molecule has 22 heavy (non-hydrogen) atoms. The Morgan fingerprint density at radius 1 is 1.32 bits per heavy atom. The lowest BCUT2D eigenvalue weighted by atomic mass is 10.1. The van der Waals surface area contributed by atoms with Crippen molar-refractivity contribution in [2.24, 2.45) is 0 Å². The van der Waals surface area contributed by atoms with E-state index in [9.17, 15) is 13.2 Å². The van der Waals surface area contributed by atoms with Crippen LogP contribution < -0.4 is 5.32 Å². The van der Waals surface area contributed by atoms with E-state index in [0.717, 1.165) is 25.1 Å². The van der Waals surface area contributed by atoms with Crippen molar-refractivity contribution in [1.29, 1.82) is 0 Å². The first-order chi connectivity index (χ1) is 9.91. The maximum absolute atomic E-state index is 12.7. The summed E-state index contributed by atoms with van der Waals surface area (Å²) in [5, 5.41) is 6.92. The van der Waals surface area contributed by atoms with E-state index in [1.807, 2.05) is 13.8 Å². The molecule has 0 aliphatic heterocycles. The highest BCUT2D eigenvalue weighted by Crippen LogP contribution is 2.31. The molecule has 122 valence electrons. The van der Waals surface area contributed by atoms with Gasteiger partial charge in [0.25, 0.3) is 0 Å². The lowest BCUT2D eigenvalue weighted by molar-refractivity contribution is -0.137. The Morgan fingerprint density at radius 3 is 2.68 bits per heavy atom. The molecular weight excluding hydrogens is 319 g/mol. The standard InChI is InChI=1S/C14H16F3N3O.ClH/c1-3-7-18-9(2)13-19-12(20-21-13)10-5-4-6-11(8-10)14(15,16)17;/h4-6,8-9,18H,3,7H2,1-2H3;1H. The molecule has 0 bridgehead atoms. The number of alkyl halides is 3. The molecule has 4 nitrogen and oxygen atoms in total. The second kappa shape index (κ2) is 7.60. The molecule has 0 aliphatic rings. The molecule has 0 saturated carbocycles. The smallest absolute Gasteiger partial charge is 0.337 e. The molecule has 1 atom stereocenters. The SMILES string of the molecule is CCCNC(C)c1nc(-c2cccc(C(F)(F)F)c2)no1.Cl. The van der Waals surface area contributed by atoms with Gasteiger partial charge in [0.05, 0.1) is 11.6 Å². The average Bonchev–Trinajstić information content (AvgIpc) is 2.94. The van der Waals surface area contributed by atoms with Crippen molar-refractivity contribution in [3.63, 3.8) is 0 Å². The molecule has 2 aromatic rings. The Hall–Kier alpha value is -1.60. The third-order valence-corrected chi connectivity index (χ3v) is 2.96. The second-order valence-corrected chi connectivity index (χ2v) is 4.71. The number of aromatic nitrogens is 2. The van der Waals surface area contributed by atoms with Gasteiger partial charge in [0.1, 0.15) is 0 Å². The Morgan fingerprint density at radius 2 is 2.05 bits per heavy atom. The summed E-state index contributed by atoms with van der Waals surface area (Å²) in [5.41, 5.74) is -0.453. The van der Waals surface area contributed by atoms with Gasteiger partial charge < -0.3 is 9.84 Å². The highest BCUT2D eigenvalue weighted by Gasteiger charge is 2.30. The van der Waals surface area contributed by atoms with E-state index in [4.69, 9.17) is 4.52 Å². The zero-order chi connectivity index (χ0) is 15.5. The zero-order valence-corrected chi connectivity index (χ0v) is 13.0. The van der Waals surface area contributed by atoms with Crippen LogP contribution in [0, 0.1) is 0 Å². The predicted octanol–water partition coefficient (Wildman–Crippen LogP) is 4.24. The molecule has 1 unspecified atom stereocenters. The van der Waals surface area contributed by atoms with Crippen LogP contribution in [0.3, 0.4) is 0 Å². The van der Waals surface area contributed by atoms with E-state index < -0.39 is 11.7 Å². The molecule has 1 N–H and O–H groups in total. The highest BCUT2D eigenvalue weighted by molar-refractivity contribution is 5.85. The van der Waals surface area contributed by atoms with E-state index >= 15 is 0 Å². The van der Waals surface area contributed by atoms with Gasteiger partial charge in [0.2, 0.25) is 11.7 Å². The van der Waals surface area contributed by atoms with Crippen LogP contribution in [0.5, 0.6) is 0 Å². The Kier molecular flexibility index (Phi) is 6.37. The van der Waals surface area contributed by atoms with Crippen molar-refractivity contribution in [2.75, 3.05) is 6.54 Å². The first-order valence-corrected chi connectivity index (χ1v) is 6.66. The van der Waals surface area contributed by atoms with Crippen LogP contribution in [0.2, 0.25) is 0 Å². The number of nitrogens with zero attached hydrogens (tertiary/aromatic N) is 2. The van der Waals surface area contributed by atoms with Crippen molar-refractivity contribution < 1.29 is 17.7 Å². The Labute approximate surface area is 132 Å². The molecule has 2 rings (SSSR count). The van der Waals surface area contributed by atoms with Crippen LogP contribution in [0.1, 0.15) is 37.8 Å². The normalized spacial score (nSPS) is 12.8. The molecule has 8 heteroatoms. The van der Waals surface area contributed by atoms with Gasteiger partial charge in [-0.25, -0.2) is 0 Å². The first-order valence-electron chi connectivity index (χ1n) is 6.66. The quantitative estimate of drug-likeness (QED) is 0.888. The van der Waals surface area contributed by atoms with Crippen LogP contribution in [0.15, 0.2) is 28.8 Å². The number of benzene rings is 1. The van der Waals surface area contributed by atoms with Gasteiger partial charge in [-0.1, -0.05) is 24.2 Å². The second-order valence-electron chi connectivity index (χ2n) is 4.71. The molecule has 1 heterocycles. The average molecular weight is 336 g/mol. The molecule has 0 radical (unpaired) electrons. The highest BCUT2D eigenvalue weighted by atomic mass is 35.5. The van der Waals surface area contributed by atoms with Crippen molar-refractivity contribution in [1.82, 2.24) is 15.5 Å². The lowest BCUT2D eigenvalue weighted by Crippen LogP contribution is -2.19. The largest absolute Gasteiger partial charge is 0.416 e. The maximum atomic E-state index is 12.7. The van der Waals surface area contributed by atoms with Crippen molar-refractivity contribution in [2.45, 2.75) is 32.5 Å². The summed E-state index contributed by atoms with van der Waals surface area (Å²) in [6.45, 7) is 4.68. The summed E-state index contributed by atoms with van der Waals surface area (Å²) in [6.07, 6.45) is -3.43. The predicted molar refractivity (Wildman–Crippen MR) is 78.7 cm³/mol. The maximum Gasteiger partial charge on any atom is 0.416 e. The Bertz CT molecular complexity index is 601. The minimum atomic E-state index is -4.39. The van der Waals surface area contributed by atoms with E-state index in [1.165, 1.54) is 12.1 Å². The van der Waals surface area contributed by atoms with Crippen LogP contribution in [0.4, 0.5) is 13.2 Å². The number of rotatable bonds is 5. The van der Waals surface area contributed by atoms with Gasteiger partial charge >= 0.3 is 6.18 Å². The molecule has 0 fully saturated rings. The Balaban J connectivity index is 0.00000242. The summed E-state index contributed by atoms with van der Waals surface area (Å²) in [5.74, 6) is 0.511. The first kappa shape index (κ1) is 18.4. The van der Waals surface area contributed by atoms with Gasteiger partial charge in [-0.15, -0.1) is 12.4 Å². The topological polar surface area (TPSA) is 51.0 Å². The molecule has 1 aromatic heterocycles. The molecule has 0 amide bonds. The van der Waals surface area contributed by atoms with E-state index in [0.29, 0.717) is 5.89 Å². The molecular formula is C14H17ClF3N3O. The van der Waals surface area contributed by atoms with Crippen LogP contribution in [-0.2, 0) is 6.18 Å². The minimum Gasteiger partial charge on any atom is -0.337 e. The van der Waals surface area contributed by atoms with Gasteiger partial charge in [-0.3, -0.25) is 0 Å². The molecule has 0 saturated heterocycles. The summed E-state index contributed by atoms with van der Waals surface area (Å²) < 4.78 is 43.1. The molecule has 0 aliphatic carbocycles. The minimum absolute atomic E-state index is 0. The third kappa shape index (κ3) is 4.45. The number of nitrogens with one attached hydrogen (secondary N) is 1. The van der Waals surface area contributed by atoms with Gasteiger partial charge in [0, 0.05) is 5.56 Å². The van der Waals surface area contributed by atoms with Gasteiger partial charge in [-0.2, -0.15) is 18.2 Å². The lowest BCUT2D eigenvalue weighted by Gasteiger charge is -2.07. The molecule has 1 aromatic carbocycles. The van der Waals surface area contributed by atoms with Gasteiger partial charge in [-0.05, 0) is 32.0 Å². The summed E-state index contributed by atoms with van der Waals surface area (Å²) in [4.78, 5) is 4.15. The molecule has 0 spiro atoms. The summed E-state index contributed by atoms with van der Waals surface area (Å²) >= 11 is 0. The van der Waals surface area contributed by atoms with Gasteiger partial charge in [0.15, 0.2) is 0 Å². The van der Waals surface area contributed by atoms with E-state index in [-0.39, 0.29) is 29.8 Å². The van der Waals surface area contributed by atoms with Crippen molar-refractivity contribution in [3.8, 4) is 11.4 Å². The van der Waals surface area contributed by atoms with E-state index in [1.54, 1.807) is 0 Å². The fraction of sp³-hybridized carbons (Fsp3) is 0.429. The fourth-order valence-corrected chi connectivity index (χ4v) is 1.81. The zero-order valence-electron chi connectivity index (χ0n) is 12.1. The summed E-state index contributed by atoms with van der Waals surface area (Å²) in [6, 6.07) is 4.73. The third-order valence-electron chi connectivity index (χ3n) is 2.96. The van der Waals surface area contributed by atoms with Crippen molar-refractivity contribution >= 4 is 12.4 Å². The van der Waals surface area contributed by atoms with Crippen molar-refractivity contribution in [3.05, 3.63) is 35.7 Å². The van der Waals surface area contributed by atoms with Crippen LogP contribution in [0.25, 0.3) is 11.4 Å². The van der Waals surface area contributed by atoms with Crippen LogP contribution in [-0.4, -0.2) is 16.7 Å². The number of hydrogen-bond acceptors (Lipinski definition) is 4. The fourth-order valence-electron chi connectivity index (χ4n) is 1.81. The van der Waals surface area contributed by atoms with Crippen LogP contribution >= 0.6 is 12.4 Å². The summed E-state index contributed by atoms with van der Waals surface area (Å²) in [7, 11) is 0. The monoisotopic (exact) mass is 335 g/mol. The van der Waals surface area contributed by atoms with E-state index in [2.05, 4.69) is 15.5 Å². The number of hydrogen-bond donors (Lipinski definition) is 1.